The molecule has 0 unspecified atom stereocenters. The second kappa shape index (κ2) is 11.4. The lowest BCUT2D eigenvalue weighted by atomic mass is 9.86. The summed E-state index contributed by atoms with van der Waals surface area (Å²) < 4.78 is 81.4. The molecular weight excluding hydrogens is 581 g/mol. The number of sulfonamides is 1. The van der Waals surface area contributed by atoms with Crippen LogP contribution in [0.4, 0.5) is 30.5 Å². The summed E-state index contributed by atoms with van der Waals surface area (Å²) >= 11 is 0. The maximum atomic E-state index is 13.2. The summed E-state index contributed by atoms with van der Waals surface area (Å²) in [4.78, 5) is 12.5. The van der Waals surface area contributed by atoms with Crippen LogP contribution < -0.4 is 20.5 Å². The lowest BCUT2D eigenvalue weighted by Gasteiger charge is -2.35. The molecule has 0 radical (unpaired) electrons. The number of amides is 1. The highest BCUT2D eigenvalue weighted by molar-refractivity contribution is 7.93. The third kappa shape index (κ3) is 6.03. The van der Waals surface area contributed by atoms with Crippen LogP contribution in [0, 0.1) is 5.82 Å². The van der Waals surface area contributed by atoms with E-state index in [1.54, 1.807) is 18.2 Å². The number of hydrogen-bond donors (Lipinski definition) is 4. The van der Waals surface area contributed by atoms with Gasteiger partial charge in [0.15, 0.2) is 5.82 Å². The zero-order chi connectivity index (χ0) is 30.1. The number of nitrogens with two attached hydrogens (primary N) is 1. The van der Waals surface area contributed by atoms with Crippen molar-refractivity contribution in [3.63, 3.8) is 0 Å². The molecule has 222 valence electrons. The van der Waals surface area contributed by atoms with Crippen LogP contribution in [0.25, 0.3) is 11.3 Å². The van der Waals surface area contributed by atoms with Crippen LogP contribution >= 0.6 is 0 Å². The Labute approximate surface area is 237 Å². The first-order valence-corrected chi connectivity index (χ1v) is 14.0. The van der Waals surface area contributed by atoms with Crippen molar-refractivity contribution in [2.75, 3.05) is 29.9 Å². The first-order chi connectivity index (χ1) is 19.9. The van der Waals surface area contributed by atoms with E-state index in [1.165, 1.54) is 30.3 Å². The van der Waals surface area contributed by atoms with E-state index in [4.69, 9.17) is 19.7 Å². The Balaban J connectivity index is 1.43. The average molecular weight is 607 g/mol. The van der Waals surface area contributed by atoms with Crippen molar-refractivity contribution in [1.29, 1.82) is 0 Å². The van der Waals surface area contributed by atoms with E-state index in [0.29, 0.717) is 25.4 Å². The topological polar surface area (TPSA) is 174 Å². The molecule has 12 nitrogen and oxygen atoms in total. The standard InChI is InChI=1S/C26H25F3N6O6S/c1-26(12-39-13-26)19-11-20(34-41-19)31-24-21(23(30)36)22(32-33-24)15-4-7-17(35-42(37,38)25(28)29)18(10-15)40-9-8-14-2-5-16(27)6-3-14/h2-7,10-11,25,35H,8-9,12-13H2,1H3,(H2,30,36)(H2,31,32,33,34). The van der Waals surface area contributed by atoms with Gasteiger partial charge in [-0.2, -0.15) is 13.9 Å². The number of H-pyrrole nitrogens is 1. The van der Waals surface area contributed by atoms with Gasteiger partial charge in [-0.25, -0.2) is 12.8 Å². The second-order valence-corrected chi connectivity index (χ2v) is 11.4. The molecule has 3 heterocycles. The van der Waals surface area contributed by atoms with Gasteiger partial charge in [-0.1, -0.05) is 23.4 Å². The third-order valence-electron chi connectivity index (χ3n) is 6.52. The number of carbonyl (C=O) groups excluding carboxylic acids is 1. The molecule has 1 aliphatic rings. The van der Waals surface area contributed by atoms with Crippen LogP contribution in [0.5, 0.6) is 5.75 Å². The number of ether oxygens (including phenoxy) is 2. The zero-order valence-electron chi connectivity index (χ0n) is 22.0. The molecule has 0 spiro atoms. The summed E-state index contributed by atoms with van der Waals surface area (Å²) in [7, 11) is -5.03. The van der Waals surface area contributed by atoms with Crippen molar-refractivity contribution in [1.82, 2.24) is 15.4 Å². The highest BCUT2D eigenvalue weighted by Crippen LogP contribution is 2.36. The Morgan fingerprint density at radius 2 is 1.93 bits per heavy atom. The summed E-state index contributed by atoms with van der Waals surface area (Å²) in [6, 6.07) is 11.2. The first kappa shape index (κ1) is 28.9. The molecule has 16 heteroatoms. The lowest BCUT2D eigenvalue weighted by Crippen LogP contribution is -2.43. The first-order valence-electron chi connectivity index (χ1n) is 12.5. The number of nitrogens with one attached hydrogen (secondary N) is 3. The number of carbonyl (C=O) groups is 1. The molecule has 2 aromatic carbocycles. The SMILES string of the molecule is CC1(c2cc(Nc3[nH]nc(-c4ccc(NS(=O)(=O)C(F)F)c(OCCc5ccc(F)cc5)c4)c3C(N)=O)no2)COC1. The Kier molecular flexibility index (Phi) is 7.83. The second-order valence-electron chi connectivity index (χ2n) is 9.78. The Hall–Kier alpha value is -4.57. The Bertz CT molecular complexity index is 1700. The summed E-state index contributed by atoms with van der Waals surface area (Å²) in [5, 5.41) is 13.7. The van der Waals surface area contributed by atoms with Crippen LogP contribution in [0.15, 0.2) is 53.1 Å². The van der Waals surface area contributed by atoms with Crippen molar-refractivity contribution < 1.29 is 40.4 Å². The molecule has 1 fully saturated rings. The Morgan fingerprint density at radius 1 is 1.19 bits per heavy atom. The number of anilines is 3. The predicted octanol–water partition coefficient (Wildman–Crippen LogP) is 3.92. The molecular formula is C26H25F3N6O6S. The van der Waals surface area contributed by atoms with E-state index in [1.807, 2.05) is 11.6 Å². The zero-order valence-corrected chi connectivity index (χ0v) is 22.8. The van der Waals surface area contributed by atoms with Crippen LogP contribution in [-0.2, 0) is 26.6 Å². The monoisotopic (exact) mass is 606 g/mol. The number of halogens is 3. The number of benzene rings is 2. The fourth-order valence-corrected chi connectivity index (χ4v) is 4.74. The normalized spacial score (nSPS) is 14.4. The van der Waals surface area contributed by atoms with E-state index in [9.17, 15) is 26.4 Å². The molecule has 2 aromatic heterocycles. The largest absolute Gasteiger partial charge is 0.491 e. The van der Waals surface area contributed by atoms with Crippen molar-refractivity contribution in [3.8, 4) is 17.0 Å². The highest BCUT2D eigenvalue weighted by atomic mass is 32.2. The van der Waals surface area contributed by atoms with Gasteiger partial charge in [0.2, 0.25) is 0 Å². The van der Waals surface area contributed by atoms with Gasteiger partial charge >= 0.3 is 5.76 Å². The van der Waals surface area contributed by atoms with Crippen molar-refractivity contribution in [2.45, 2.75) is 24.5 Å². The number of hydrogen-bond acceptors (Lipinski definition) is 9. The fourth-order valence-electron chi connectivity index (χ4n) is 4.18. The average Bonchev–Trinajstić information content (AvgIpc) is 3.57. The maximum Gasteiger partial charge on any atom is 0.355 e. The molecule has 1 aliphatic heterocycles. The number of nitrogens with zero attached hydrogens (tertiary/aromatic N) is 2. The van der Waals surface area contributed by atoms with E-state index in [2.05, 4.69) is 20.7 Å². The van der Waals surface area contributed by atoms with Crippen LogP contribution in [-0.4, -0.2) is 55.3 Å². The van der Waals surface area contributed by atoms with Gasteiger partial charge < -0.3 is 25.0 Å². The third-order valence-corrected chi connectivity index (χ3v) is 7.49. The van der Waals surface area contributed by atoms with Crippen LogP contribution in [0.1, 0.15) is 28.6 Å². The molecule has 0 saturated carbocycles. The molecule has 1 saturated heterocycles. The fraction of sp³-hybridized carbons (Fsp3) is 0.269. The quantitative estimate of drug-likeness (QED) is 0.186. The summed E-state index contributed by atoms with van der Waals surface area (Å²) in [6.45, 7) is 2.88. The summed E-state index contributed by atoms with van der Waals surface area (Å²) in [5.41, 5.74) is 6.06. The van der Waals surface area contributed by atoms with Gasteiger partial charge in [-0.3, -0.25) is 14.6 Å². The van der Waals surface area contributed by atoms with Gasteiger partial charge in [0.05, 0.1) is 30.9 Å². The van der Waals surface area contributed by atoms with E-state index in [0.717, 1.165) is 5.56 Å². The van der Waals surface area contributed by atoms with Gasteiger partial charge in [0.25, 0.3) is 15.9 Å². The highest BCUT2D eigenvalue weighted by Gasteiger charge is 2.39. The van der Waals surface area contributed by atoms with Crippen LogP contribution in [0.2, 0.25) is 0 Å². The molecule has 42 heavy (non-hydrogen) atoms. The number of aromatic amines is 1. The van der Waals surface area contributed by atoms with Crippen LogP contribution in [0.3, 0.4) is 0 Å². The summed E-state index contributed by atoms with van der Waals surface area (Å²) in [6.07, 6.45) is 0.291. The van der Waals surface area contributed by atoms with Gasteiger partial charge in [0, 0.05) is 18.1 Å². The number of aromatic nitrogens is 3. The van der Waals surface area contributed by atoms with Gasteiger partial charge in [0.1, 0.15) is 34.4 Å². The predicted molar refractivity (Wildman–Crippen MR) is 145 cm³/mol. The molecule has 0 bridgehead atoms. The molecule has 5 N–H and O–H groups in total. The minimum absolute atomic E-state index is 0.0208. The minimum atomic E-state index is -5.03. The van der Waals surface area contributed by atoms with E-state index >= 15 is 0 Å². The smallest absolute Gasteiger partial charge is 0.355 e. The van der Waals surface area contributed by atoms with E-state index in [-0.39, 0.29) is 51.9 Å². The molecule has 4 aromatic rings. The molecule has 5 rings (SSSR count). The molecule has 0 atom stereocenters. The summed E-state index contributed by atoms with van der Waals surface area (Å²) in [5.74, 6) is -4.12. The maximum absolute atomic E-state index is 13.2. The number of rotatable bonds is 12. The number of primary amides is 1. The minimum Gasteiger partial charge on any atom is -0.491 e. The van der Waals surface area contributed by atoms with Crippen molar-refractivity contribution in [2.24, 2.45) is 5.73 Å². The molecule has 0 aliphatic carbocycles. The molecule has 1 amide bonds. The number of alkyl halides is 2. The van der Waals surface area contributed by atoms with Gasteiger partial charge in [-0.15, -0.1) is 0 Å². The lowest BCUT2D eigenvalue weighted by molar-refractivity contribution is -0.0619. The van der Waals surface area contributed by atoms with Crippen molar-refractivity contribution >= 4 is 33.3 Å². The van der Waals surface area contributed by atoms with Crippen molar-refractivity contribution in [3.05, 3.63) is 71.2 Å². The van der Waals surface area contributed by atoms with E-state index < -0.39 is 27.5 Å². The van der Waals surface area contributed by atoms with Gasteiger partial charge in [-0.05, 0) is 36.8 Å². The Morgan fingerprint density at radius 3 is 2.57 bits per heavy atom.